The average molecular weight is 405 g/mol. The van der Waals surface area contributed by atoms with Crippen LogP contribution in [0.1, 0.15) is 25.3 Å². The van der Waals surface area contributed by atoms with Crippen molar-refractivity contribution >= 4 is 21.6 Å². The molecule has 0 aliphatic rings. The zero-order chi connectivity index (χ0) is 20.6. The lowest BCUT2D eigenvalue weighted by molar-refractivity contribution is -0.122. The van der Waals surface area contributed by atoms with Crippen LogP contribution in [0.4, 0.5) is 5.69 Å². The molecule has 0 heterocycles. The Labute approximate surface area is 167 Å². The second-order valence-corrected chi connectivity index (χ2v) is 8.38. The minimum Gasteiger partial charge on any atom is -0.496 e. The summed E-state index contributed by atoms with van der Waals surface area (Å²) in [5, 5.41) is 2.88. The van der Waals surface area contributed by atoms with E-state index in [0.29, 0.717) is 18.7 Å². The van der Waals surface area contributed by atoms with E-state index in [2.05, 4.69) is 5.32 Å². The van der Waals surface area contributed by atoms with Crippen LogP contribution in [-0.2, 0) is 21.2 Å². The summed E-state index contributed by atoms with van der Waals surface area (Å²) in [4.78, 5) is 12.7. The Balaban J connectivity index is 2.02. The predicted octanol–water partition coefficient (Wildman–Crippen LogP) is 2.99. The van der Waals surface area contributed by atoms with Crippen molar-refractivity contribution in [3.63, 3.8) is 0 Å². The molecule has 6 nitrogen and oxygen atoms in total. The van der Waals surface area contributed by atoms with Gasteiger partial charge >= 0.3 is 0 Å². The Morgan fingerprint density at radius 3 is 2.36 bits per heavy atom. The van der Waals surface area contributed by atoms with Crippen molar-refractivity contribution in [3.05, 3.63) is 60.2 Å². The standard InChI is InChI=1S/C21H28N2O4S/c1-4-19(23(28(3,25)26)18-13-6-5-7-14-18)21(24)22-16-10-12-17-11-8-9-15-20(17)27-2/h5-9,11,13-15,19H,4,10,12,16H2,1-3H3,(H,22,24)/t19-/m1/s1. The van der Waals surface area contributed by atoms with Gasteiger partial charge in [0, 0.05) is 6.54 Å². The van der Waals surface area contributed by atoms with Crippen molar-refractivity contribution in [2.24, 2.45) is 0 Å². The zero-order valence-electron chi connectivity index (χ0n) is 16.6. The number of nitrogens with zero attached hydrogens (tertiary/aromatic N) is 1. The number of sulfonamides is 1. The molecule has 0 fully saturated rings. The summed E-state index contributed by atoms with van der Waals surface area (Å²) in [5.74, 6) is 0.532. The molecule has 0 aliphatic carbocycles. The van der Waals surface area contributed by atoms with E-state index in [1.807, 2.05) is 30.3 Å². The molecule has 28 heavy (non-hydrogen) atoms. The van der Waals surface area contributed by atoms with E-state index in [9.17, 15) is 13.2 Å². The Bertz CT molecular complexity index is 869. The summed E-state index contributed by atoms with van der Waals surface area (Å²) in [6.45, 7) is 2.26. The summed E-state index contributed by atoms with van der Waals surface area (Å²) >= 11 is 0. The van der Waals surface area contributed by atoms with Crippen LogP contribution in [0.5, 0.6) is 5.75 Å². The number of carbonyl (C=O) groups excluding carboxylic acids is 1. The number of benzene rings is 2. The minimum absolute atomic E-state index is 0.295. The van der Waals surface area contributed by atoms with E-state index < -0.39 is 16.1 Å². The monoisotopic (exact) mass is 404 g/mol. The normalized spacial score (nSPS) is 12.2. The SMILES string of the molecule is CC[C@H](C(=O)NCCCc1ccccc1OC)N(c1ccccc1)S(C)(=O)=O. The van der Waals surface area contributed by atoms with Gasteiger partial charge in [0.1, 0.15) is 11.8 Å². The van der Waals surface area contributed by atoms with Gasteiger partial charge in [0.15, 0.2) is 0 Å². The lowest BCUT2D eigenvalue weighted by Gasteiger charge is -2.30. The maximum Gasteiger partial charge on any atom is 0.243 e. The summed E-state index contributed by atoms with van der Waals surface area (Å²) in [6, 6.07) is 15.7. The fourth-order valence-corrected chi connectivity index (χ4v) is 4.36. The van der Waals surface area contributed by atoms with Crippen LogP contribution >= 0.6 is 0 Å². The van der Waals surface area contributed by atoms with Crippen molar-refractivity contribution < 1.29 is 17.9 Å². The lowest BCUT2D eigenvalue weighted by atomic mass is 10.1. The van der Waals surface area contributed by atoms with Crippen LogP contribution in [0.25, 0.3) is 0 Å². The van der Waals surface area contributed by atoms with E-state index in [-0.39, 0.29) is 5.91 Å². The molecule has 0 radical (unpaired) electrons. The van der Waals surface area contributed by atoms with Crippen molar-refractivity contribution in [1.29, 1.82) is 0 Å². The number of hydrogen-bond donors (Lipinski definition) is 1. The highest BCUT2D eigenvalue weighted by Gasteiger charge is 2.31. The molecule has 0 aliphatic heterocycles. The van der Waals surface area contributed by atoms with Gasteiger partial charge in [-0.1, -0.05) is 43.3 Å². The molecule has 7 heteroatoms. The highest BCUT2D eigenvalue weighted by molar-refractivity contribution is 7.92. The quantitative estimate of drug-likeness (QED) is 0.618. The van der Waals surface area contributed by atoms with Crippen LogP contribution in [0.2, 0.25) is 0 Å². The zero-order valence-corrected chi connectivity index (χ0v) is 17.4. The molecule has 152 valence electrons. The first-order chi connectivity index (χ1) is 13.4. The highest BCUT2D eigenvalue weighted by Crippen LogP contribution is 2.22. The number of anilines is 1. The van der Waals surface area contributed by atoms with E-state index in [1.165, 1.54) is 4.31 Å². The molecule has 1 N–H and O–H groups in total. The number of carbonyl (C=O) groups is 1. The van der Waals surface area contributed by atoms with Gasteiger partial charge in [-0.2, -0.15) is 0 Å². The second-order valence-electron chi connectivity index (χ2n) is 6.52. The van der Waals surface area contributed by atoms with E-state index >= 15 is 0 Å². The van der Waals surface area contributed by atoms with Gasteiger partial charge in [-0.15, -0.1) is 0 Å². The van der Waals surface area contributed by atoms with E-state index in [0.717, 1.165) is 30.4 Å². The molecule has 0 saturated carbocycles. The highest BCUT2D eigenvalue weighted by atomic mass is 32.2. The Hall–Kier alpha value is -2.54. The minimum atomic E-state index is -3.60. The lowest BCUT2D eigenvalue weighted by Crippen LogP contribution is -2.49. The summed E-state index contributed by atoms with van der Waals surface area (Å²) in [6.07, 6.45) is 2.99. The molecule has 0 unspecified atom stereocenters. The van der Waals surface area contributed by atoms with Gasteiger partial charge in [-0.3, -0.25) is 9.10 Å². The number of rotatable bonds is 10. The molecule has 2 aromatic rings. The van der Waals surface area contributed by atoms with E-state index in [4.69, 9.17) is 4.74 Å². The Morgan fingerprint density at radius 1 is 1.11 bits per heavy atom. The summed E-state index contributed by atoms with van der Waals surface area (Å²) < 4.78 is 31.2. The number of amides is 1. The first kappa shape index (κ1) is 21.8. The van der Waals surface area contributed by atoms with Gasteiger partial charge in [0.2, 0.25) is 15.9 Å². The summed E-state index contributed by atoms with van der Waals surface area (Å²) in [7, 11) is -1.97. The van der Waals surface area contributed by atoms with Crippen molar-refractivity contribution in [2.45, 2.75) is 32.2 Å². The second kappa shape index (κ2) is 10.1. The van der Waals surface area contributed by atoms with Crippen LogP contribution in [0, 0.1) is 0 Å². The molecular formula is C21H28N2O4S. The molecular weight excluding hydrogens is 376 g/mol. The number of ether oxygens (including phenoxy) is 1. The van der Waals surface area contributed by atoms with Gasteiger partial charge in [-0.05, 0) is 43.0 Å². The fourth-order valence-electron chi connectivity index (χ4n) is 3.15. The molecule has 1 atom stereocenters. The van der Waals surface area contributed by atoms with Crippen molar-refractivity contribution in [2.75, 3.05) is 24.2 Å². The van der Waals surface area contributed by atoms with Crippen LogP contribution in [-0.4, -0.2) is 40.3 Å². The molecule has 2 rings (SSSR count). The van der Waals surface area contributed by atoms with Gasteiger partial charge in [0.05, 0.1) is 19.1 Å². The first-order valence-electron chi connectivity index (χ1n) is 9.32. The largest absolute Gasteiger partial charge is 0.496 e. The third kappa shape index (κ3) is 5.73. The number of para-hydroxylation sites is 2. The molecule has 2 aromatic carbocycles. The fraction of sp³-hybridized carbons (Fsp3) is 0.381. The number of hydrogen-bond acceptors (Lipinski definition) is 4. The van der Waals surface area contributed by atoms with Gasteiger partial charge in [-0.25, -0.2) is 8.42 Å². The van der Waals surface area contributed by atoms with Crippen molar-refractivity contribution in [1.82, 2.24) is 5.32 Å². The topological polar surface area (TPSA) is 75.7 Å². The number of nitrogens with one attached hydrogen (secondary N) is 1. The Kier molecular flexibility index (Phi) is 7.87. The van der Waals surface area contributed by atoms with Crippen molar-refractivity contribution in [3.8, 4) is 5.75 Å². The third-order valence-electron chi connectivity index (χ3n) is 4.46. The average Bonchev–Trinajstić information content (AvgIpc) is 2.69. The molecule has 0 bridgehead atoms. The third-order valence-corrected chi connectivity index (χ3v) is 5.63. The smallest absolute Gasteiger partial charge is 0.243 e. The maximum absolute atomic E-state index is 12.7. The predicted molar refractivity (Wildman–Crippen MR) is 112 cm³/mol. The van der Waals surface area contributed by atoms with Gasteiger partial charge < -0.3 is 10.1 Å². The van der Waals surface area contributed by atoms with E-state index in [1.54, 1.807) is 38.3 Å². The Morgan fingerprint density at radius 2 is 1.75 bits per heavy atom. The number of aryl methyl sites for hydroxylation is 1. The molecule has 0 aromatic heterocycles. The molecule has 0 saturated heterocycles. The molecule has 0 spiro atoms. The number of methoxy groups -OCH3 is 1. The maximum atomic E-state index is 12.7. The van der Waals surface area contributed by atoms with Crippen LogP contribution in [0.3, 0.4) is 0 Å². The summed E-state index contributed by atoms with van der Waals surface area (Å²) in [5.41, 5.74) is 1.56. The van der Waals surface area contributed by atoms with Gasteiger partial charge in [0.25, 0.3) is 0 Å². The van der Waals surface area contributed by atoms with Crippen LogP contribution < -0.4 is 14.4 Å². The first-order valence-corrected chi connectivity index (χ1v) is 11.2. The van der Waals surface area contributed by atoms with Crippen LogP contribution in [0.15, 0.2) is 54.6 Å². The molecule has 1 amide bonds.